The Morgan fingerprint density at radius 2 is 2.50 bits per heavy atom. The Hall–Kier alpha value is -1.89. The van der Waals surface area contributed by atoms with Gasteiger partial charge >= 0.3 is 5.97 Å². The van der Waals surface area contributed by atoms with E-state index in [1.54, 1.807) is 19.3 Å². The normalized spacial score (nSPS) is 10.3. The maximum Gasteiger partial charge on any atom is 0.355 e. The molecule has 16 heavy (non-hydrogen) atoms. The van der Waals surface area contributed by atoms with E-state index in [-0.39, 0.29) is 5.69 Å². The molecule has 0 aliphatic rings. The van der Waals surface area contributed by atoms with Crippen LogP contribution in [0.25, 0.3) is 0 Å². The topological polar surface area (TPSA) is 90.9 Å². The lowest BCUT2D eigenvalue weighted by Gasteiger charge is -1.97. The van der Waals surface area contributed by atoms with Gasteiger partial charge in [-0.15, -0.1) is 11.3 Å². The second-order valence-corrected chi connectivity index (χ2v) is 4.39. The van der Waals surface area contributed by atoms with Crippen molar-refractivity contribution in [3.8, 4) is 0 Å². The Balaban J connectivity index is 2.05. The summed E-state index contributed by atoms with van der Waals surface area (Å²) in [5.41, 5.74) is 1.10. The molecule has 0 fully saturated rings. The fourth-order valence-electron chi connectivity index (χ4n) is 1.22. The number of rotatable bonds is 4. The van der Waals surface area contributed by atoms with Gasteiger partial charge in [0.25, 0.3) is 0 Å². The molecule has 0 aromatic carbocycles. The standard InChI is InChI=1S/C9H10N4O2S/c1-5-7(8(14)15)13-9(16-5)10-2-6-3-11-12-4-6/h3-4H,2H2,1H3,(H,10,13)(H,11,12)(H,14,15). The van der Waals surface area contributed by atoms with E-state index in [1.165, 1.54) is 11.3 Å². The SMILES string of the molecule is Cc1sc(NCc2cn[nH]c2)nc1C(=O)O. The van der Waals surface area contributed by atoms with Crippen LogP contribution in [0.2, 0.25) is 0 Å². The summed E-state index contributed by atoms with van der Waals surface area (Å²) in [6.45, 7) is 2.31. The molecule has 2 aromatic heterocycles. The Morgan fingerprint density at radius 3 is 3.06 bits per heavy atom. The molecule has 0 atom stereocenters. The number of aryl methyl sites for hydroxylation is 1. The minimum absolute atomic E-state index is 0.111. The minimum atomic E-state index is -0.995. The number of hydrogen-bond donors (Lipinski definition) is 3. The van der Waals surface area contributed by atoms with E-state index in [0.29, 0.717) is 16.6 Å². The molecule has 3 N–H and O–H groups in total. The van der Waals surface area contributed by atoms with Crippen LogP contribution in [0.1, 0.15) is 20.9 Å². The number of anilines is 1. The van der Waals surface area contributed by atoms with Gasteiger partial charge in [-0.3, -0.25) is 5.10 Å². The summed E-state index contributed by atoms with van der Waals surface area (Å²) >= 11 is 1.33. The average molecular weight is 238 g/mol. The molecule has 6 nitrogen and oxygen atoms in total. The fraction of sp³-hybridized carbons (Fsp3) is 0.222. The van der Waals surface area contributed by atoms with Gasteiger partial charge in [0.2, 0.25) is 0 Å². The van der Waals surface area contributed by atoms with E-state index in [1.807, 2.05) is 0 Å². The summed E-state index contributed by atoms with van der Waals surface area (Å²) in [4.78, 5) is 15.5. The third-order valence-electron chi connectivity index (χ3n) is 2.00. The molecule has 0 radical (unpaired) electrons. The molecule has 0 aliphatic heterocycles. The second-order valence-electron chi connectivity index (χ2n) is 3.19. The summed E-state index contributed by atoms with van der Waals surface area (Å²) in [5, 5.41) is 19.0. The number of nitrogens with one attached hydrogen (secondary N) is 2. The number of carboxylic acid groups (broad SMARTS) is 1. The first-order valence-corrected chi connectivity index (χ1v) is 5.40. The molecule has 0 saturated carbocycles. The van der Waals surface area contributed by atoms with E-state index in [4.69, 9.17) is 5.11 Å². The highest BCUT2D eigenvalue weighted by Crippen LogP contribution is 2.22. The van der Waals surface area contributed by atoms with Crippen molar-refractivity contribution in [3.63, 3.8) is 0 Å². The van der Waals surface area contributed by atoms with Gasteiger partial charge in [0, 0.05) is 23.2 Å². The summed E-state index contributed by atoms with van der Waals surface area (Å²) in [5.74, 6) is -0.995. The van der Waals surface area contributed by atoms with Crippen molar-refractivity contribution >= 4 is 22.4 Å². The Morgan fingerprint density at radius 1 is 1.69 bits per heavy atom. The monoisotopic (exact) mass is 238 g/mol. The second kappa shape index (κ2) is 4.31. The molecule has 2 heterocycles. The number of nitrogens with zero attached hydrogens (tertiary/aromatic N) is 2. The lowest BCUT2D eigenvalue weighted by Crippen LogP contribution is -2.01. The summed E-state index contributed by atoms with van der Waals surface area (Å²) < 4.78 is 0. The smallest absolute Gasteiger partial charge is 0.355 e. The average Bonchev–Trinajstić information content (AvgIpc) is 2.83. The van der Waals surface area contributed by atoms with Gasteiger partial charge in [-0.2, -0.15) is 5.10 Å². The van der Waals surface area contributed by atoms with E-state index in [9.17, 15) is 4.79 Å². The van der Waals surface area contributed by atoms with Gasteiger partial charge in [-0.25, -0.2) is 9.78 Å². The van der Waals surface area contributed by atoms with Crippen molar-refractivity contribution in [2.75, 3.05) is 5.32 Å². The zero-order valence-electron chi connectivity index (χ0n) is 8.52. The maximum atomic E-state index is 10.8. The van der Waals surface area contributed by atoms with Crippen molar-refractivity contribution in [1.29, 1.82) is 0 Å². The van der Waals surface area contributed by atoms with Crippen molar-refractivity contribution in [2.45, 2.75) is 13.5 Å². The molecular formula is C9H10N4O2S. The molecular weight excluding hydrogens is 228 g/mol. The number of aromatic nitrogens is 3. The number of thiazole rings is 1. The highest BCUT2D eigenvalue weighted by molar-refractivity contribution is 7.15. The molecule has 0 aliphatic carbocycles. The number of aromatic amines is 1. The molecule has 2 aromatic rings. The van der Waals surface area contributed by atoms with Crippen molar-refractivity contribution in [3.05, 3.63) is 28.5 Å². The predicted molar refractivity (Wildman–Crippen MR) is 59.7 cm³/mol. The molecule has 2 rings (SSSR count). The van der Waals surface area contributed by atoms with Crippen molar-refractivity contribution < 1.29 is 9.90 Å². The quantitative estimate of drug-likeness (QED) is 0.750. The maximum absolute atomic E-state index is 10.8. The lowest BCUT2D eigenvalue weighted by atomic mass is 10.4. The van der Waals surface area contributed by atoms with E-state index in [0.717, 1.165) is 5.56 Å². The molecule has 0 saturated heterocycles. The number of carbonyl (C=O) groups is 1. The molecule has 0 amide bonds. The number of H-pyrrole nitrogens is 1. The van der Waals surface area contributed by atoms with Crippen LogP contribution < -0.4 is 5.32 Å². The molecule has 0 spiro atoms. The van der Waals surface area contributed by atoms with Gasteiger partial charge in [-0.1, -0.05) is 0 Å². The van der Waals surface area contributed by atoms with Crippen molar-refractivity contribution in [2.24, 2.45) is 0 Å². The molecule has 7 heteroatoms. The van der Waals surface area contributed by atoms with Gasteiger partial charge in [-0.05, 0) is 6.92 Å². The summed E-state index contributed by atoms with van der Waals surface area (Å²) in [6.07, 6.45) is 3.47. The van der Waals surface area contributed by atoms with Crippen LogP contribution in [-0.2, 0) is 6.54 Å². The van der Waals surface area contributed by atoms with Crippen LogP contribution in [0.5, 0.6) is 0 Å². The molecule has 84 valence electrons. The number of carboxylic acids is 1. The van der Waals surface area contributed by atoms with Crippen LogP contribution in [0.4, 0.5) is 5.13 Å². The van der Waals surface area contributed by atoms with Crippen LogP contribution in [0, 0.1) is 6.92 Å². The Bertz CT molecular complexity index is 492. The largest absolute Gasteiger partial charge is 0.476 e. The van der Waals surface area contributed by atoms with Gasteiger partial charge in [0.05, 0.1) is 6.20 Å². The third kappa shape index (κ3) is 2.19. The summed E-state index contributed by atoms with van der Waals surface area (Å²) in [6, 6.07) is 0. The Labute approximate surface area is 95.3 Å². The fourth-order valence-corrected chi connectivity index (χ4v) is 2.02. The third-order valence-corrected chi connectivity index (χ3v) is 2.93. The van der Waals surface area contributed by atoms with E-state index in [2.05, 4.69) is 20.5 Å². The minimum Gasteiger partial charge on any atom is -0.476 e. The van der Waals surface area contributed by atoms with Crippen molar-refractivity contribution in [1.82, 2.24) is 15.2 Å². The first-order chi connectivity index (χ1) is 7.66. The van der Waals surface area contributed by atoms with E-state index >= 15 is 0 Å². The number of hydrogen-bond acceptors (Lipinski definition) is 5. The zero-order chi connectivity index (χ0) is 11.5. The van der Waals surface area contributed by atoms with E-state index < -0.39 is 5.97 Å². The van der Waals surface area contributed by atoms with Crippen LogP contribution in [0.15, 0.2) is 12.4 Å². The van der Waals surface area contributed by atoms with Gasteiger partial charge in [0.1, 0.15) is 0 Å². The predicted octanol–water partition coefficient (Wildman–Crippen LogP) is 1.48. The highest BCUT2D eigenvalue weighted by Gasteiger charge is 2.13. The summed E-state index contributed by atoms with van der Waals surface area (Å²) in [7, 11) is 0. The van der Waals surface area contributed by atoms with Gasteiger partial charge in [0.15, 0.2) is 10.8 Å². The lowest BCUT2D eigenvalue weighted by molar-refractivity contribution is 0.0690. The van der Waals surface area contributed by atoms with Crippen LogP contribution in [0.3, 0.4) is 0 Å². The van der Waals surface area contributed by atoms with Gasteiger partial charge < -0.3 is 10.4 Å². The van der Waals surface area contributed by atoms with Crippen LogP contribution >= 0.6 is 11.3 Å². The van der Waals surface area contributed by atoms with Crippen LogP contribution in [-0.4, -0.2) is 26.3 Å². The highest BCUT2D eigenvalue weighted by atomic mass is 32.1. The first kappa shape index (κ1) is 10.6. The zero-order valence-corrected chi connectivity index (χ0v) is 9.34. The first-order valence-electron chi connectivity index (χ1n) is 4.59. The molecule has 0 unspecified atom stereocenters. The number of aromatic carboxylic acids is 1. The Kier molecular flexibility index (Phi) is 2.86. The molecule has 0 bridgehead atoms.